The molecule has 0 N–H and O–H groups in total. The summed E-state index contributed by atoms with van der Waals surface area (Å²) in [6.45, 7) is 3.87. The van der Waals surface area contributed by atoms with Crippen molar-refractivity contribution in [2.24, 2.45) is 0 Å². The number of piperazine rings is 1. The van der Waals surface area contributed by atoms with Crippen molar-refractivity contribution < 1.29 is 8.42 Å². The fourth-order valence-corrected chi connectivity index (χ4v) is 4.68. The Kier molecular flexibility index (Phi) is 5.06. The second-order valence-electron chi connectivity index (χ2n) is 5.75. The van der Waals surface area contributed by atoms with Crippen LogP contribution in [0.15, 0.2) is 47.4 Å². The summed E-state index contributed by atoms with van der Waals surface area (Å²) in [5.74, 6) is 0. The molecule has 1 aliphatic heterocycles. The molecule has 2 aromatic rings. The van der Waals surface area contributed by atoms with E-state index in [4.69, 9.17) is 23.2 Å². The largest absolute Gasteiger partial charge is 0.368 e. The zero-order valence-corrected chi connectivity index (χ0v) is 15.6. The molecule has 0 amide bonds. The van der Waals surface area contributed by atoms with Gasteiger partial charge in [-0.25, -0.2) is 8.42 Å². The molecule has 128 valence electrons. The molecule has 24 heavy (non-hydrogen) atoms. The van der Waals surface area contributed by atoms with Gasteiger partial charge in [0.05, 0.1) is 15.6 Å². The number of benzene rings is 2. The molecule has 3 rings (SSSR count). The molecule has 0 atom stereocenters. The maximum Gasteiger partial charge on any atom is 0.243 e. The van der Waals surface area contributed by atoms with Gasteiger partial charge in [0.2, 0.25) is 10.0 Å². The lowest BCUT2D eigenvalue weighted by atomic mass is 10.2. The van der Waals surface area contributed by atoms with E-state index >= 15 is 0 Å². The lowest BCUT2D eigenvalue weighted by Gasteiger charge is -2.35. The lowest BCUT2D eigenvalue weighted by molar-refractivity contribution is 0.385. The van der Waals surface area contributed by atoms with Crippen LogP contribution in [0.2, 0.25) is 10.0 Å². The molecule has 0 bridgehead atoms. The maximum absolute atomic E-state index is 12.8. The van der Waals surface area contributed by atoms with Crippen molar-refractivity contribution >= 4 is 38.9 Å². The molecule has 0 spiro atoms. The van der Waals surface area contributed by atoms with Crippen LogP contribution in [0, 0.1) is 6.92 Å². The molecular formula is C17H18Cl2N2O2S. The number of hydrogen-bond donors (Lipinski definition) is 0. The Morgan fingerprint density at radius 3 is 2.21 bits per heavy atom. The molecule has 0 saturated carbocycles. The third kappa shape index (κ3) is 3.40. The molecule has 0 aliphatic carbocycles. The first-order valence-corrected chi connectivity index (χ1v) is 9.85. The van der Waals surface area contributed by atoms with Crippen molar-refractivity contribution in [3.05, 3.63) is 58.1 Å². The Labute approximate surface area is 152 Å². The van der Waals surface area contributed by atoms with Crippen LogP contribution in [0.3, 0.4) is 0 Å². The normalized spacial score (nSPS) is 16.4. The highest BCUT2D eigenvalue weighted by Gasteiger charge is 2.29. The topological polar surface area (TPSA) is 40.6 Å². The third-order valence-corrected chi connectivity index (χ3v) is 6.84. The first kappa shape index (κ1) is 17.5. The van der Waals surface area contributed by atoms with Gasteiger partial charge in [-0.05, 0) is 42.8 Å². The Bertz CT molecular complexity index is 847. The van der Waals surface area contributed by atoms with E-state index in [9.17, 15) is 8.42 Å². The fourth-order valence-electron chi connectivity index (χ4n) is 2.80. The average molecular weight is 385 g/mol. The van der Waals surface area contributed by atoms with E-state index in [1.54, 1.807) is 25.1 Å². The second kappa shape index (κ2) is 6.92. The predicted molar refractivity (Wildman–Crippen MR) is 98.6 cm³/mol. The summed E-state index contributed by atoms with van der Waals surface area (Å²) in [6, 6.07) is 12.4. The average Bonchev–Trinajstić information content (AvgIpc) is 2.58. The molecule has 1 heterocycles. The minimum atomic E-state index is -3.50. The Morgan fingerprint density at radius 2 is 1.58 bits per heavy atom. The number of sulfonamides is 1. The van der Waals surface area contributed by atoms with Gasteiger partial charge < -0.3 is 4.90 Å². The first-order valence-electron chi connectivity index (χ1n) is 7.65. The van der Waals surface area contributed by atoms with Crippen LogP contribution >= 0.6 is 23.2 Å². The number of aryl methyl sites for hydroxylation is 1. The van der Waals surface area contributed by atoms with Crippen molar-refractivity contribution in [2.45, 2.75) is 11.8 Å². The molecule has 0 unspecified atom stereocenters. The summed E-state index contributed by atoms with van der Waals surface area (Å²) in [4.78, 5) is 2.40. The van der Waals surface area contributed by atoms with Gasteiger partial charge in [0, 0.05) is 31.2 Å². The van der Waals surface area contributed by atoms with E-state index in [-0.39, 0.29) is 4.90 Å². The smallest absolute Gasteiger partial charge is 0.243 e. The number of rotatable bonds is 3. The van der Waals surface area contributed by atoms with Gasteiger partial charge in [-0.2, -0.15) is 4.31 Å². The van der Waals surface area contributed by atoms with Crippen molar-refractivity contribution in [2.75, 3.05) is 31.1 Å². The molecular weight excluding hydrogens is 367 g/mol. The summed E-state index contributed by atoms with van der Waals surface area (Å²) in [7, 11) is -3.50. The minimum Gasteiger partial charge on any atom is -0.368 e. The summed E-state index contributed by atoms with van der Waals surface area (Å²) in [5.41, 5.74) is 1.70. The molecule has 4 nitrogen and oxygen atoms in total. The molecule has 0 aromatic heterocycles. The Morgan fingerprint density at radius 1 is 0.917 bits per heavy atom. The van der Waals surface area contributed by atoms with Crippen LogP contribution in [0.5, 0.6) is 0 Å². The highest BCUT2D eigenvalue weighted by atomic mass is 35.5. The number of anilines is 1. The van der Waals surface area contributed by atoms with Crippen LogP contribution in [0.4, 0.5) is 5.69 Å². The Hall–Kier alpha value is -1.27. The van der Waals surface area contributed by atoms with Gasteiger partial charge >= 0.3 is 0 Å². The summed E-state index contributed by atoms with van der Waals surface area (Å²) < 4.78 is 27.1. The van der Waals surface area contributed by atoms with Crippen molar-refractivity contribution in [3.63, 3.8) is 0 Å². The highest BCUT2D eigenvalue weighted by Crippen LogP contribution is 2.28. The van der Waals surface area contributed by atoms with Crippen LogP contribution in [0.1, 0.15) is 5.56 Å². The molecule has 1 aliphatic rings. The van der Waals surface area contributed by atoms with Crippen molar-refractivity contribution in [1.29, 1.82) is 0 Å². The van der Waals surface area contributed by atoms with E-state index in [1.165, 1.54) is 4.31 Å². The fraction of sp³-hybridized carbons (Fsp3) is 0.294. The molecule has 1 fully saturated rings. The number of hydrogen-bond acceptors (Lipinski definition) is 3. The van der Waals surface area contributed by atoms with Crippen LogP contribution < -0.4 is 4.90 Å². The summed E-state index contributed by atoms with van der Waals surface area (Å²) in [5, 5.41) is 1.25. The van der Waals surface area contributed by atoms with Gasteiger partial charge in [-0.1, -0.05) is 35.3 Å². The van der Waals surface area contributed by atoms with Gasteiger partial charge in [0.1, 0.15) is 0 Å². The van der Waals surface area contributed by atoms with Crippen LogP contribution in [-0.4, -0.2) is 38.9 Å². The van der Waals surface area contributed by atoms with Gasteiger partial charge in [-0.15, -0.1) is 0 Å². The monoisotopic (exact) mass is 384 g/mol. The standard InChI is InChI=1S/C17H18Cl2N2O2S/c1-13-12-14(6-7-15(13)18)24(22,23)21-10-8-20(9-11-21)17-5-3-2-4-16(17)19/h2-7,12H,8-11H2,1H3. The predicted octanol–water partition coefficient (Wildman–Crippen LogP) is 3.81. The van der Waals surface area contributed by atoms with E-state index in [2.05, 4.69) is 4.90 Å². The molecule has 2 aromatic carbocycles. The van der Waals surface area contributed by atoms with E-state index in [0.717, 1.165) is 11.3 Å². The zero-order chi connectivity index (χ0) is 17.3. The van der Waals surface area contributed by atoms with E-state index in [1.807, 2.05) is 24.3 Å². The summed E-state index contributed by atoms with van der Waals surface area (Å²) in [6.07, 6.45) is 0. The minimum absolute atomic E-state index is 0.288. The quantitative estimate of drug-likeness (QED) is 0.807. The third-order valence-electron chi connectivity index (χ3n) is 4.20. The second-order valence-corrected chi connectivity index (χ2v) is 8.51. The van der Waals surface area contributed by atoms with Gasteiger partial charge in [0.25, 0.3) is 0 Å². The number of para-hydroxylation sites is 1. The zero-order valence-electron chi connectivity index (χ0n) is 13.2. The van der Waals surface area contributed by atoms with Gasteiger partial charge in [-0.3, -0.25) is 0 Å². The SMILES string of the molecule is Cc1cc(S(=O)(=O)N2CCN(c3ccccc3Cl)CC2)ccc1Cl. The van der Waals surface area contributed by atoms with Gasteiger partial charge in [0.15, 0.2) is 0 Å². The van der Waals surface area contributed by atoms with Crippen LogP contribution in [0.25, 0.3) is 0 Å². The number of halogens is 2. The molecule has 7 heteroatoms. The first-order chi connectivity index (χ1) is 11.4. The van der Waals surface area contributed by atoms with Crippen molar-refractivity contribution in [3.8, 4) is 0 Å². The van der Waals surface area contributed by atoms with Crippen LogP contribution in [-0.2, 0) is 10.0 Å². The van der Waals surface area contributed by atoms with E-state index < -0.39 is 10.0 Å². The Balaban J connectivity index is 1.76. The highest BCUT2D eigenvalue weighted by molar-refractivity contribution is 7.89. The lowest BCUT2D eigenvalue weighted by Crippen LogP contribution is -2.48. The summed E-state index contributed by atoms with van der Waals surface area (Å²) >= 11 is 12.2. The van der Waals surface area contributed by atoms with Crippen molar-refractivity contribution in [1.82, 2.24) is 4.31 Å². The molecule has 1 saturated heterocycles. The molecule has 0 radical (unpaired) electrons. The maximum atomic E-state index is 12.8. The number of nitrogens with zero attached hydrogens (tertiary/aromatic N) is 2. The van der Waals surface area contributed by atoms with E-state index in [0.29, 0.717) is 36.2 Å².